The molecule has 0 fully saturated rings. The highest BCUT2D eigenvalue weighted by Crippen LogP contribution is 2.28. The van der Waals surface area contributed by atoms with Crippen LogP contribution in [0.1, 0.15) is 52.9 Å². The number of hydrogen-bond donors (Lipinski definition) is 1. The highest BCUT2D eigenvalue weighted by Gasteiger charge is 2.22. The number of benzene rings is 1. The molecule has 33 heavy (non-hydrogen) atoms. The molecule has 0 bridgehead atoms. The number of halogens is 1. The van der Waals surface area contributed by atoms with E-state index in [0.717, 1.165) is 11.3 Å². The molecule has 4 rings (SSSR count). The third-order valence-electron chi connectivity index (χ3n) is 5.01. The highest BCUT2D eigenvalue weighted by molar-refractivity contribution is 5.96. The van der Waals surface area contributed by atoms with Gasteiger partial charge in [0.1, 0.15) is 5.82 Å². The fourth-order valence-electron chi connectivity index (χ4n) is 3.22. The van der Waals surface area contributed by atoms with Crippen LogP contribution >= 0.6 is 0 Å². The molecule has 0 aliphatic rings. The van der Waals surface area contributed by atoms with E-state index in [9.17, 15) is 4.79 Å². The molecular weight excluding hydrogens is 423 g/mol. The Kier molecular flexibility index (Phi) is 6.16. The van der Waals surface area contributed by atoms with Gasteiger partial charge in [0.2, 0.25) is 0 Å². The van der Waals surface area contributed by atoms with E-state index in [4.69, 9.17) is 0 Å². The Morgan fingerprint density at radius 3 is 2.58 bits per heavy atom. The average molecular weight is 446 g/mol. The lowest BCUT2D eigenvalue weighted by molar-refractivity contribution is 0.0946. The fourth-order valence-corrected chi connectivity index (χ4v) is 3.22. The number of amides is 1. The van der Waals surface area contributed by atoms with Crippen molar-refractivity contribution in [2.24, 2.45) is 0 Å². The van der Waals surface area contributed by atoms with Gasteiger partial charge in [-0.15, -0.1) is 5.10 Å². The second-order valence-electron chi connectivity index (χ2n) is 8.01. The number of aryl methyl sites for hydroxylation is 2. The largest absolute Gasteiger partial charge is 0.346 e. The van der Waals surface area contributed by atoms with Crippen molar-refractivity contribution in [1.82, 2.24) is 40.5 Å². The van der Waals surface area contributed by atoms with Crippen LogP contribution in [0, 0.1) is 19.7 Å². The summed E-state index contributed by atoms with van der Waals surface area (Å²) in [4.78, 5) is 25.7. The predicted molar refractivity (Wildman–Crippen MR) is 119 cm³/mol. The Balaban J connectivity index is 1.76. The number of nitrogens with one attached hydrogen (secondary N) is 1. The summed E-state index contributed by atoms with van der Waals surface area (Å²) in [6.45, 7) is 7.72. The van der Waals surface area contributed by atoms with Crippen molar-refractivity contribution in [3.05, 3.63) is 77.0 Å². The molecule has 3 heterocycles. The van der Waals surface area contributed by atoms with Crippen molar-refractivity contribution >= 4 is 5.91 Å². The molecule has 0 unspecified atom stereocenters. The number of rotatable bonds is 6. The quantitative estimate of drug-likeness (QED) is 0.484. The van der Waals surface area contributed by atoms with Crippen molar-refractivity contribution in [3.63, 3.8) is 0 Å². The zero-order chi connectivity index (χ0) is 23.5. The van der Waals surface area contributed by atoms with Gasteiger partial charge in [-0.25, -0.2) is 4.39 Å². The minimum absolute atomic E-state index is 0.0170. The molecule has 0 saturated carbocycles. The lowest BCUT2D eigenvalue weighted by atomic mass is 10.0. The number of carbonyl (C=O) groups is 1. The highest BCUT2D eigenvalue weighted by atomic mass is 19.1. The lowest BCUT2D eigenvalue weighted by Gasteiger charge is -2.14. The Hall–Kier alpha value is -4.08. The SMILES string of the molecule is Cc1ccc(-c2cc(-n3nnnc3C(C)C)cc(C(=O)NCc3cnc(C)cn3)c2F)nc1. The summed E-state index contributed by atoms with van der Waals surface area (Å²) < 4.78 is 17.1. The zero-order valence-electron chi connectivity index (χ0n) is 18.7. The van der Waals surface area contributed by atoms with Gasteiger partial charge in [0.05, 0.1) is 41.1 Å². The van der Waals surface area contributed by atoms with Crippen LogP contribution in [0.15, 0.2) is 42.9 Å². The molecule has 4 aromatic rings. The van der Waals surface area contributed by atoms with Gasteiger partial charge in [0, 0.05) is 23.9 Å². The van der Waals surface area contributed by atoms with Crippen LogP contribution in [-0.4, -0.2) is 41.1 Å². The third-order valence-corrected chi connectivity index (χ3v) is 5.01. The Bertz CT molecular complexity index is 1280. The molecule has 3 aromatic heterocycles. The maximum absolute atomic E-state index is 15.6. The minimum Gasteiger partial charge on any atom is -0.346 e. The second-order valence-corrected chi connectivity index (χ2v) is 8.01. The van der Waals surface area contributed by atoms with Gasteiger partial charge < -0.3 is 5.32 Å². The van der Waals surface area contributed by atoms with E-state index in [1.165, 1.54) is 10.7 Å². The van der Waals surface area contributed by atoms with E-state index in [1.54, 1.807) is 30.7 Å². The van der Waals surface area contributed by atoms with Gasteiger partial charge in [-0.05, 0) is 48.0 Å². The zero-order valence-corrected chi connectivity index (χ0v) is 18.7. The van der Waals surface area contributed by atoms with Gasteiger partial charge in [0.25, 0.3) is 5.91 Å². The molecule has 1 aromatic carbocycles. The van der Waals surface area contributed by atoms with Crippen molar-refractivity contribution in [3.8, 4) is 16.9 Å². The van der Waals surface area contributed by atoms with Crippen LogP contribution in [0.2, 0.25) is 0 Å². The van der Waals surface area contributed by atoms with E-state index < -0.39 is 11.7 Å². The van der Waals surface area contributed by atoms with Crippen molar-refractivity contribution in [2.75, 3.05) is 0 Å². The van der Waals surface area contributed by atoms with E-state index in [2.05, 4.69) is 35.8 Å². The number of carbonyl (C=O) groups excluding carboxylic acids is 1. The molecule has 0 spiro atoms. The van der Waals surface area contributed by atoms with Gasteiger partial charge >= 0.3 is 0 Å². The molecule has 1 N–H and O–H groups in total. The molecule has 10 heteroatoms. The second kappa shape index (κ2) is 9.19. The number of nitrogens with zero attached hydrogens (tertiary/aromatic N) is 7. The summed E-state index contributed by atoms with van der Waals surface area (Å²) in [7, 11) is 0. The molecule has 0 aliphatic heterocycles. The third kappa shape index (κ3) is 4.74. The first-order valence-corrected chi connectivity index (χ1v) is 10.4. The first-order valence-electron chi connectivity index (χ1n) is 10.4. The maximum atomic E-state index is 15.6. The molecule has 0 radical (unpaired) electrons. The van der Waals surface area contributed by atoms with Crippen molar-refractivity contribution in [1.29, 1.82) is 0 Å². The molecular formula is C23H23FN8O. The molecule has 0 atom stereocenters. The van der Waals surface area contributed by atoms with Gasteiger partial charge in [-0.3, -0.25) is 19.7 Å². The Morgan fingerprint density at radius 2 is 1.91 bits per heavy atom. The molecule has 0 aliphatic carbocycles. The number of hydrogen-bond acceptors (Lipinski definition) is 7. The van der Waals surface area contributed by atoms with Crippen LogP contribution in [0.3, 0.4) is 0 Å². The van der Waals surface area contributed by atoms with Gasteiger partial charge in [0.15, 0.2) is 5.82 Å². The first kappa shape index (κ1) is 22.1. The van der Waals surface area contributed by atoms with Crippen LogP contribution in [-0.2, 0) is 6.54 Å². The Labute approximate surface area is 190 Å². The van der Waals surface area contributed by atoms with Crippen LogP contribution in [0.5, 0.6) is 0 Å². The van der Waals surface area contributed by atoms with Crippen LogP contribution < -0.4 is 5.32 Å². The monoisotopic (exact) mass is 446 g/mol. The normalized spacial score (nSPS) is 11.1. The summed E-state index contributed by atoms with van der Waals surface area (Å²) in [5.74, 6) is -0.667. The minimum atomic E-state index is -0.679. The van der Waals surface area contributed by atoms with E-state index in [0.29, 0.717) is 22.9 Å². The average Bonchev–Trinajstić information content (AvgIpc) is 3.30. The van der Waals surface area contributed by atoms with Crippen molar-refractivity contribution < 1.29 is 9.18 Å². The molecule has 0 saturated heterocycles. The standard InChI is InChI=1S/C23H23FN8O/c1-13(2)22-29-30-31-32(22)17-7-18(20-6-5-14(3)9-27-20)21(24)19(8-17)23(33)28-12-16-11-25-15(4)10-26-16/h5-11,13H,12H2,1-4H3,(H,28,33). The Morgan fingerprint density at radius 1 is 1.09 bits per heavy atom. The summed E-state index contributed by atoms with van der Waals surface area (Å²) in [6, 6.07) is 6.58. The summed E-state index contributed by atoms with van der Waals surface area (Å²) >= 11 is 0. The molecule has 168 valence electrons. The summed E-state index contributed by atoms with van der Waals surface area (Å²) in [5.41, 5.74) is 3.17. The smallest absolute Gasteiger partial charge is 0.254 e. The van der Waals surface area contributed by atoms with E-state index >= 15 is 4.39 Å². The van der Waals surface area contributed by atoms with Crippen molar-refractivity contribution in [2.45, 2.75) is 40.2 Å². The van der Waals surface area contributed by atoms with E-state index in [1.807, 2.05) is 33.8 Å². The van der Waals surface area contributed by atoms with Crippen LogP contribution in [0.25, 0.3) is 16.9 Å². The fraction of sp³-hybridized carbons (Fsp3) is 0.261. The number of tetrazole rings is 1. The summed E-state index contributed by atoms with van der Waals surface area (Å²) in [6.07, 6.45) is 4.82. The van der Waals surface area contributed by atoms with Crippen LogP contribution in [0.4, 0.5) is 4.39 Å². The molecule has 9 nitrogen and oxygen atoms in total. The topological polar surface area (TPSA) is 111 Å². The molecule has 1 amide bonds. The number of aromatic nitrogens is 7. The maximum Gasteiger partial charge on any atom is 0.254 e. The first-order chi connectivity index (χ1) is 15.8. The number of pyridine rings is 1. The predicted octanol–water partition coefficient (Wildman–Crippen LogP) is 3.32. The lowest BCUT2D eigenvalue weighted by Crippen LogP contribution is -2.25. The van der Waals surface area contributed by atoms with E-state index in [-0.39, 0.29) is 23.6 Å². The van der Waals surface area contributed by atoms with Gasteiger partial charge in [-0.1, -0.05) is 19.9 Å². The summed E-state index contributed by atoms with van der Waals surface area (Å²) in [5, 5.41) is 14.6. The van der Waals surface area contributed by atoms with Gasteiger partial charge in [-0.2, -0.15) is 4.68 Å².